The maximum Gasteiger partial charge on any atom is 0.177 e. The molecule has 2 nitrogen and oxygen atoms in total. The van der Waals surface area contributed by atoms with Crippen molar-refractivity contribution in [3.05, 3.63) is 11.6 Å². The maximum absolute atomic E-state index is 5.40. The fourth-order valence-electron chi connectivity index (χ4n) is 2.15. The van der Waals surface area contributed by atoms with Crippen LogP contribution in [0.2, 0.25) is 0 Å². The Morgan fingerprint density at radius 2 is 1.59 bits per heavy atom. The van der Waals surface area contributed by atoms with Gasteiger partial charge in [0.25, 0.3) is 0 Å². The standard InChI is InChI=1S/C15H28O2/c1-3-4-5-6-7-8-9-10-14(2)13-15-16-11-12-17-15/h13,15H,3-12H2,1-2H3/b14-13+. The summed E-state index contributed by atoms with van der Waals surface area (Å²) in [7, 11) is 0. The van der Waals surface area contributed by atoms with Crippen molar-refractivity contribution in [2.75, 3.05) is 13.2 Å². The van der Waals surface area contributed by atoms with Gasteiger partial charge < -0.3 is 9.47 Å². The van der Waals surface area contributed by atoms with Gasteiger partial charge in [-0.3, -0.25) is 0 Å². The summed E-state index contributed by atoms with van der Waals surface area (Å²) < 4.78 is 10.8. The minimum absolute atomic E-state index is 0.0699. The summed E-state index contributed by atoms with van der Waals surface area (Å²) in [6.45, 7) is 5.93. The molecule has 0 radical (unpaired) electrons. The SMILES string of the molecule is CCCCCCCCC/C(C)=C/C1OCCO1. The molecule has 1 aliphatic heterocycles. The summed E-state index contributed by atoms with van der Waals surface area (Å²) in [4.78, 5) is 0. The highest BCUT2D eigenvalue weighted by atomic mass is 16.7. The molecular formula is C15H28O2. The summed E-state index contributed by atoms with van der Waals surface area (Å²) >= 11 is 0. The first-order valence-corrected chi connectivity index (χ1v) is 7.23. The van der Waals surface area contributed by atoms with Gasteiger partial charge in [0.2, 0.25) is 0 Å². The van der Waals surface area contributed by atoms with Crippen molar-refractivity contribution < 1.29 is 9.47 Å². The molecule has 0 saturated carbocycles. The first-order chi connectivity index (χ1) is 8.33. The largest absolute Gasteiger partial charge is 0.347 e. The average molecular weight is 240 g/mol. The lowest BCUT2D eigenvalue weighted by Gasteiger charge is -2.06. The van der Waals surface area contributed by atoms with Gasteiger partial charge in [-0.05, 0) is 25.8 Å². The highest BCUT2D eigenvalue weighted by Gasteiger charge is 2.12. The van der Waals surface area contributed by atoms with E-state index in [4.69, 9.17) is 9.47 Å². The summed E-state index contributed by atoms with van der Waals surface area (Å²) in [6.07, 6.45) is 12.9. The van der Waals surface area contributed by atoms with E-state index in [2.05, 4.69) is 19.9 Å². The molecule has 2 heteroatoms. The molecule has 17 heavy (non-hydrogen) atoms. The summed E-state index contributed by atoms with van der Waals surface area (Å²) in [6, 6.07) is 0. The number of unbranched alkanes of at least 4 members (excludes halogenated alkanes) is 6. The zero-order valence-electron chi connectivity index (χ0n) is 11.5. The predicted octanol–water partition coefficient (Wildman–Crippen LogP) is 4.45. The lowest BCUT2D eigenvalue weighted by Crippen LogP contribution is -2.03. The first-order valence-electron chi connectivity index (χ1n) is 7.23. The van der Waals surface area contributed by atoms with Crippen LogP contribution in [0.5, 0.6) is 0 Å². The molecule has 0 atom stereocenters. The van der Waals surface area contributed by atoms with Gasteiger partial charge in [0, 0.05) is 0 Å². The Hall–Kier alpha value is -0.340. The third-order valence-electron chi connectivity index (χ3n) is 3.24. The number of rotatable bonds is 9. The van der Waals surface area contributed by atoms with Gasteiger partial charge in [0.05, 0.1) is 13.2 Å². The lowest BCUT2D eigenvalue weighted by atomic mass is 10.1. The second-order valence-electron chi connectivity index (χ2n) is 4.99. The maximum atomic E-state index is 5.40. The van der Waals surface area contributed by atoms with Gasteiger partial charge in [-0.1, -0.05) is 51.0 Å². The highest BCUT2D eigenvalue weighted by molar-refractivity contribution is 5.00. The van der Waals surface area contributed by atoms with Gasteiger partial charge in [0.1, 0.15) is 0 Å². The molecular weight excluding hydrogens is 212 g/mol. The average Bonchev–Trinajstić information content (AvgIpc) is 2.80. The molecule has 0 unspecified atom stereocenters. The summed E-state index contributed by atoms with van der Waals surface area (Å²) in [5.41, 5.74) is 1.41. The Morgan fingerprint density at radius 1 is 1.00 bits per heavy atom. The summed E-state index contributed by atoms with van der Waals surface area (Å²) in [5.74, 6) is 0. The topological polar surface area (TPSA) is 18.5 Å². The number of hydrogen-bond acceptors (Lipinski definition) is 2. The molecule has 0 amide bonds. The van der Waals surface area contributed by atoms with E-state index in [1.54, 1.807) is 0 Å². The van der Waals surface area contributed by atoms with Crippen molar-refractivity contribution >= 4 is 0 Å². The van der Waals surface area contributed by atoms with Gasteiger partial charge in [-0.2, -0.15) is 0 Å². The zero-order chi connectivity index (χ0) is 12.3. The minimum atomic E-state index is -0.0699. The van der Waals surface area contributed by atoms with E-state index in [0.29, 0.717) is 0 Å². The van der Waals surface area contributed by atoms with E-state index in [1.165, 1.54) is 56.9 Å². The Labute approximate surface area is 106 Å². The second-order valence-corrected chi connectivity index (χ2v) is 4.99. The van der Waals surface area contributed by atoms with Crippen molar-refractivity contribution in [1.29, 1.82) is 0 Å². The second kappa shape index (κ2) is 9.67. The van der Waals surface area contributed by atoms with Gasteiger partial charge in [-0.15, -0.1) is 0 Å². The van der Waals surface area contributed by atoms with E-state index < -0.39 is 0 Å². The van der Waals surface area contributed by atoms with E-state index >= 15 is 0 Å². The first kappa shape index (κ1) is 14.7. The van der Waals surface area contributed by atoms with Crippen molar-refractivity contribution in [2.24, 2.45) is 0 Å². The van der Waals surface area contributed by atoms with Crippen LogP contribution in [0.3, 0.4) is 0 Å². The molecule has 100 valence electrons. The number of ether oxygens (including phenoxy) is 2. The molecule has 0 N–H and O–H groups in total. The van der Waals surface area contributed by atoms with Crippen LogP contribution in [0.25, 0.3) is 0 Å². The van der Waals surface area contributed by atoms with Crippen LogP contribution in [0.15, 0.2) is 11.6 Å². The van der Waals surface area contributed by atoms with Crippen molar-refractivity contribution in [3.8, 4) is 0 Å². The molecule has 1 fully saturated rings. The molecule has 0 aromatic heterocycles. The quantitative estimate of drug-likeness (QED) is 0.438. The molecule has 1 heterocycles. The zero-order valence-corrected chi connectivity index (χ0v) is 11.5. The van der Waals surface area contributed by atoms with Crippen LogP contribution in [0, 0.1) is 0 Å². The Bertz CT molecular complexity index is 205. The third-order valence-corrected chi connectivity index (χ3v) is 3.24. The number of hydrogen-bond donors (Lipinski definition) is 0. The van der Waals surface area contributed by atoms with E-state index in [-0.39, 0.29) is 6.29 Å². The third kappa shape index (κ3) is 7.56. The Balaban J connectivity index is 1.94. The molecule has 0 spiro atoms. The number of allylic oxidation sites excluding steroid dienone is 1. The van der Waals surface area contributed by atoms with Gasteiger partial charge >= 0.3 is 0 Å². The molecule has 0 aromatic carbocycles. The summed E-state index contributed by atoms with van der Waals surface area (Å²) in [5, 5.41) is 0. The van der Waals surface area contributed by atoms with E-state index in [0.717, 1.165) is 13.2 Å². The van der Waals surface area contributed by atoms with Crippen molar-refractivity contribution in [2.45, 2.75) is 71.5 Å². The van der Waals surface area contributed by atoms with Crippen LogP contribution in [-0.4, -0.2) is 19.5 Å². The smallest absolute Gasteiger partial charge is 0.177 e. The van der Waals surface area contributed by atoms with Crippen LogP contribution in [0.4, 0.5) is 0 Å². The lowest BCUT2D eigenvalue weighted by molar-refractivity contribution is -0.00225. The van der Waals surface area contributed by atoms with Crippen LogP contribution in [0.1, 0.15) is 65.2 Å². The molecule has 0 aliphatic carbocycles. The molecule has 1 saturated heterocycles. The fraction of sp³-hybridized carbons (Fsp3) is 0.867. The van der Waals surface area contributed by atoms with Crippen molar-refractivity contribution in [1.82, 2.24) is 0 Å². The Morgan fingerprint density at radius 3 is 2.24 bits per heavy atom. The Kier molecular flexibility index (Phi) is 8.37. The van der Waals surface area contributed by atoms with Crippen LogP contribution >= 0.6 is 0 Å². The fourth-order valence-corrected chi connectivity index (χ4v) is 2.15. The molecule has 1 aliphatic rings. The highest BCUT2D eigenvalue weighted by Crippen LogP contribution is 2.14. The monoisotopic (exact) mass is 240 g/mol. The molecule has 0 bridgehead atoms. The van der Waals surface area contributed by atoms with Crippen molar-refractivity contribution in [3.63, 3.8) is 0 Å². The van der Waals surface area contributed by atoms with Crippen LogP contribution in [-0.2, 0) is 9.47 Å². The van der Waals surface area contributed by atoms with Crippen LogP contribution < -0.4 is 0 Å². The molecule has 0 aromatic rings. The minimum Gasteiger partial charge on any atom is -0.347 e. The van der Waals surface area contributed by atoms with Gasteiger partial charge in [-0.25, -0.2) is 0 Å². The predicted molar refractivity (Wildman–Crippen MR) is 72.1 cm³/mol. The van der Waals surface area contributed by atoms with Gasteiger partial charge in [0.15, 0.2) is 6.29 Å². The van der Waals surface area contributed by atoms with E-state index in [9.17, 15) is 0 Å². The normalized spacial score (nSPS) is 17.9. The molecule has 1 rings (SSSR count). The van der Waals surface area contributed by atoms with E-state index in [1.807, 2.05) is 0 Å².